The summed E-state index contributed by atoms with van der Waals surface area (Å²) in [4.78, 5) is 29.5. The second-order valence-electron chi connectivity index (χ2n) is 7.96. The van der Waals surface area contributed by atoms with Crippen molar-refractivity contribution in [3.05, 3.63) is 59.8 Å². The van der Waals surface area contributed by atoms with Gasteiger partial charge in [0.05, 0.1) is 14.2 Å². The minimum atomic E-state index is -0.145. The average molecular weight is 436 g/mol. The first kappa shape index (κ1) is 21.7. The van der Waals surface area contributed by atoms with Crippen LogP contribution in [-0.2, 0) is 9.59 Å². The van der Waals surface area contributed by atoms with Crippen LogP contribution in [-0.4, -0.2) is 55.6 Å². The number of aromatic amines is 1. The van der Waals surface area contributed by atoms with Crippen molar-refractivity contribution < 1.29 is 19.1 Å². The molecule has 0 bridgehead atoms. The number of nitrogens with one attached hydrogen (secondary N) is 2. The van der Waals surface area contributed by atoms with E-state index < -0.39 is 0 Å². The van der Waals surface area contributed by atoms with Gasteiger partial charge in [-0.3, -0.25) is 9.59 Å². The predicted molar refractivity (Wildman–Crippen MR) is 123 cm³/mol. The van der Waals surface area contributed by atoms with E-state index in [0.717, 1.165) is 35.0 Å². The van der Waals surface area contributed by atoms with Gasteiger partial charge in [0.15, 0.2) is 11.5 Å². The Morgan fingerprint density at radius 1 is 1.12 bits per heavy atom. The molecule has 1 atom stereocenters. The Morgan fingerprint density at radius 3 is 2.72 bits per heavy atom. The van der Waals surface area contributed by atoms with E-state index in [1.54, 1.807) is 19.1 Å². The lowest BCUT2D eigenvalue weighted by Gasteiger charge is -2.22. The molecular formula is C25H29N3O4. The Labute approximate surface area is 187 Å². The minimum Gasteiger partial charge on any atom is -0.493 e. The highest BCUT2D eigenvalue weighted by atomic mass is 16.5. The monoisotopic (exact) mass is 435 g/mol. The summed E-state index contributed by atoms with van der Waals surface area (Å²) >= 11 is 0. The first-order valence-corrected chi connectivity index (χ1v) is 10.9. The van der Waals surface area contributed by atoms with Gasteiger partial charge in [-0.05, 0) is 24.1 Å². The van der Waals surface area contributed by atoms with Crippen molar-refractivity contribution in [2.75, 3.05) is 33.9 Å². The number of likely N-dealkylation sites (tertiary alicyclic amines) is 1. The first-order chi connectivity index (χ1) is 15.6. The fraction of sp³-hybridized carbons (Fsp3) is 0.360. The molecule has 1 aliphatic heterocycles. The van der Waals surface area contributed by atoms with Crippen LogP contribution in [0, 0.1) is 0 Å². The van der Waals surface area contributed by atoms with Crippen LogP contribution in [0.15, 0.2) is 48.7 Å². The Morgan fingerprint density at radius 2 is 1.97 bits per heavy atom. The van der Waals surface area contributed by atoms with Crippen LogP contribution in [0.4, 0.5) is 0 Å². The fourth-order valence-corrected chi connectivity index (χ4v) is 4.44. The van der Waals surface area contributed by atoms with Crippen molar-refractivity contribution in [2.45, 2.75) is 25.2 Å². The number of hydrogen-bond acceptors (Lipinski definition) is 4. The maximum atomic E-state index is 12.6. The highest BCUT2D eigenvalue weighted by Gasteiger charge is 2.25. The Bertz CT molecular complexity index is 1110. The smallest absolute Gasteiger partial charge is 0.222 e. The van der Waals surface area contributed by atoms with E-state index in [0.29, 0.717) is 37.4 Å². The molecule has 0 radical (unpaired) electrons. The Hall–Kier alpha value is -3.48. The summed E-state index contributed by atoms with van der Waals surface area (Å²) in [5.74, 6) is 1.22. The summed E-state index contributed by atoms with van der Waals surface area (Å²) in [6, 6.07) is 13.9. The molecule has 0 spiro atoms. The van der Waals surface area contributed by atoms with Crippen LogP contribution in [0.5, 0.6) is 11.5 Å². The SMILES string of the molecule is COc1cccc(C(CNC(=O)CCN2CCCC2=O)c2c[nH]c3ccccc23)c1OC. The number of hydrogen-bond donors (Lipinski definition) is 2. The molecule has 1 saturated heterocycles. The summed E-state index contributed by atoms with van der Waals surface area (Å²) in [7, 11) is 3.24. The number of H-pyrrole nitrogens is 1. The second kappa shape index (κ2) is 9.77. The molecule has 3 aromatic rings. The highest BCUT2D eigenvalue weighted by molar-refractivity contribution is 5.85. The molecule has 1 aliphatic rings. The van der Waals surface area contributed by atoms with Gasteiger partial charge < -0.3 is 24.7 Å². The molecule has 2 heterocycles. The van der Waals surface area contributed by atoms with E-state index in [4.69, 9.17) is 9.47 Å². The topological polar surface area (TPSA) is 83.7 Å². The van der Waals surface area contributed by atoms with Gasteiger partial charge in [-0.25, -0.2) is 0 Å². The zero-order valence-corrected chi connectivity index (χ0v) is 18.5. The second-order valence-corrected chi connectivity index (χ2v) is 7.96. The number of methoxy groups -OCH3 is 2. The van der Waals surface area contributed by atoms with Crippen molar-refractivity contribution in [3.8, 4) is 11.5 Å². The number of benzene rings is 2. The number of fused-ring (bicyclic) bond motifs is 1. The van der Waals surface area contributed by atoms with E-state index in [-0.39, 0.29) is 17.7 Å². The molecule has 1 fully saturated rings. The number of para-hydroxylation sites is 2. The van der Waals surface area contributed by atoms with E-state index in [1.807, 2.05) is 42.6 Å². The number of nitrogens with zero attached hydrogens (tertiary/aromatic N) is 1. The molecule has 32 heavy (non-hydrogen) atoms. The van der Waals surface area contributed by atoms with Crippen molar-refractivity contribution >= 4 is 22.7 Å². The average Bonchev–Trinajstić information content (AvgIpc) is 3.43. The predicted octanol–water partition coefficient (Wildman–Crippen LogP) is 3.45. The number of aromatic nitrogens is 1. The summed E-state index contributed by atoms with van der Waals surface area (Å²) < 4.78 is 11.2. The first-order valence-electron chi connectivity index (χ1n) is 10.9. The van der Waals surface area contributed by atoms with Crippen molar-refractivity contribution in [1.29, 1.82) is 0 Å². The maximum Gasteiger partial charge on any atom is 0.222 e. The molecular weight excluding hydrogens is 406 g/mol. The fourth-order valence-electron chi connectivity index (χ4n) is 4.44. The van der Waals surface area contributed by atoms with Gasteiger partial charge in [-0.2, -0.15) is 0 Å². The van der Waals surface area contributed by atoms with E-state index in [1.165, 1.54) is 0 Å². The van der Waals surface area contributed by atoms with Gasteiger partial charge in [0.25, 0.3) is 0 Å². The lowest BCUT2D eigenvalue weighted by molar-refractivity contribution is -0.128. The Kier molecular flexibility index (Phi) is 6.63. The van der Waals surface area contributed by atoms with Gasteiger partial charge in [0, 0.05) is 61.1 Å². The number of amides is 2. The zero-order valence-electron chi connectivity index (χ0n) is 18.5. The third-order valence-corrected chi connectivity index (χ3v) is 6.09. The maximum absolute atomic E-state index is 12.6. The molecule has 4 rings (SSSR count). The largest absolute Gasteiger partial charge is 0.493 e. The lowest BCUT2D eigenvalue weighted by atomic mass is 9.89. The number of carbonyl (C=O) groups is 2. The molecule has 0 aliphatic carbocycles. The van der Waals surface area contributed by atoms with Crippen molar-refractivity contribution in [3.63, 3.8) is 0 Å². The quantitative estimate of drug-likeness (QED) is 0.539. The third kappa shape index (κ3) is 4.42. The summed E-state index contributed by atoms with van der Waals surface area (Å²) in [6.45, 7) is 1.61. The van der Waals surface area contributed by atoms with Gasteiger partial charge >= 0.3 is 0 Å². The normalized spacial score (nSPS) is 14.6. The number of carbonyl (C=O) groups excluding carboxylic acids is 2. The molecule has 1 unspecified atom stereocenters. The van der Waals surface area contributed by atoms with E-state index >= 15 is 0 Å². The minimum absolute atomic E-state index is 0.0728. The zero-order chi connectivity index (χ0) is 22.5. The van der Waals surface area contributed by atoms with Gasteiger partial charge in [-0.15, -0.1) is 0 Å². The number of ether oxygens (including phenoxy) is 2. The summed E-state index contributed by atoms with van der Waals surface area (Å²) in [5, 5.41) is 4.17. The molecule has 1 aromatic heterocycles. The van der Waals surface area contributed by atoms with E-state index in [9.17, 15) is 9.59 Å². The molecule has 2 aromatic carbocycles. The van der Waals surface area contributed by atoms with Gasteiger partial charge in [0.2, 0.25) is 11.8 Å². The summed E-state index contributed by atoms with van der Waals surface area (Å²) in [6.07, 6.45) is 3.74. The molecule has 168 valence electrons. The molecule has 2 N–H and O–H groups in total. The number of rotatable bonds is 9. The molecule has 7 heteroatoms. The standard InChI is InChI=1S/C25H29N3O4/c1-31-22-10-5-8-18(25(22)32-2)20(19-15-26-21-9-4-3-7-17(19)21)16-27-23(29)12-14-28-13-6-11-24(28)30/h3-5,7-10,15,20,26H,6,11-14,16H2,1-2H3,(H,27,29). The van der Waals surface area contributed by atoms with Crippen LogP contribution in [0.1, 0.15) is 36.3 Å². The van der Waals surface area contributed by atoms with Crippen LogP contribution in [0.2, 0.25) is 0 Å². The van der Waals surface area contributed by atoms with Crippen LogP contribution >= 0.6 is 0 Å². The van der Waals surface area contributed by atoms with Crippen molar-refractivity contribution in [2.24, 2.45) is 0 Å². The van der Waals surface area contributed by atoms with Gasteiger partial charge in [0.1, 0.15) is 0 Å². The lowest BCUT2D eigenvalue weighted by Crippen LogP contribution is -2.33. The molecule has 0 saturated carbocycles. The van der Waals surface area contributed by atoms with Gasteiger partial charge in [-0.1, -0.05) is 30.3 Å². The molecule has 7 nitrogen and oxygen atoms in total. The van der Waals surface area contributed by atoms with E-state index in [2.05, 4.69) is 16.4 Å². The van der Waals surface area contributed by atoms with Crippen LogP contribution in [0.25, 0.3) is 10.9 Å². The third-order valence-electron chi connectivity index (χ3n) is 6.09. The molecule has 2 amide bonds. The highest BCUT2D eigenvalue weighted by Crippen LogP contribution is 2.40. The Balaban J connectivity index is 1.59. The van der Waals surface area contributed by atoms with Crippen LogP contribution < -0.4 is 14.8 Å². The van der Waals surface area contributed by atoms with Crippen LogP contribution in [0.3, 0.4) is 0 Å². The van der Waals surface area contributed by atoms with Crippen molar-refractivity contribution in [1.82, 2.24) is 15.2 Å². The summed E-state index contributed by atoms with van der Waals surface area (Å²) in [5.41, 5.74) is 3.04.